The Morgan fingerprint density at radius 2 is 2.05 bits per heavy atom. The van der Waals surface area contributed by atoms with Gasteiger partial charge in [-0.05, 0) is 12.1 Å². The molecular weight excluding hydrogens is 286 g/mol. The number of hydrogen-bond donors (Lipinski definition) is 2. The molecule has 1 aromatic rings. The minimum absolute atomic E-state index is 0.140. The molecule has 1 rings (SSSR count). The third-order valence-electron chi connectivity index (χ3n) is 2.18. The fourth-order valence-corrected chi connectivity index (χ4v) is 1.87. The summed E-state index contributed by atoms with van der Waals surface area (Å²) >= 11 is 0. The summed E-state index contributed by atoms with van der Waals surface area (Å²) in [5.74, 6) is -1.47. The highest BCUT2D eigenvalue weighted by Crippen LogP contribution is 2.17. The molecule has 0 saturated heterocycles. The van der Waals surface area contributed by atoms with Crippen molar-refractivity contribution in [2.24, 2.45) is 0 Å². The number of sulfone groups is 1. The number of aliphatic carboxylic acids is 1. The lowest BCUT2D eigenvalue weighted by Gasteiger charge is -2.07. The Balaban J connectivity index is 2.57. The monoisotopic (exact) mass is 301 g/mol. The van der Waals surface area contributed by atoms with Gasteiger partial charge in [0.1, 0.15) is 15.6 Å². The summed E-state index contributed by atoms with van der Waals surface area (Å²) in [6.07, 6.45) is 0.916. The molecule has 8 heteroatoms. The number of nitrogens with one attached hydrogen (secondary N) is 1. The largest absolute Gasteiger partial charge is 0.482 e. The first-order valence-electron chi connectivity index (χ1n) is 5.68. The van der Waals surface area contributed by atoms with Crippen molar-refractivity contribution in [3.8, 4) is 5.75 Å². The number of rotatable bonds is 7. The molecule has 0 aliphatic heterocycles. The van der Waals surface area contributed by atoms with Crippen molar-refractivity contribution in [1.82, 2.24) is 0 Å². The van der Waals surface area contributed by atoms with Crippen LogP contribution in [-0.2, 0) is 19.4 Å². The number of hydrogen-bond acceptors (Lipinski definition) is 5. The maximum absolute atomic E-state index is 11.5. The van der Waals surface area contributed by atoms with Crippen LogP contribution in [0.5, 0.6) is 5.75 Å². The molecule has 0 radical (unpaired) electrons. The summed E-state index contributed by atoms with van der Waals surface area (Å²) in [6.45, 7) is -0.481. The van der Waals surface area contributed by atoms with Gasteiger partial charge in [0.05, 0.1) is 5.75 Å². The van der Waals surface area contributed by atoms with Gasteiger partial charge in [-0.15, -0.1) is 0 Å². The summed E-state index contributed by atoms with van der Waals surface area (Å²) in [7, 11) is -3.19. The van der Waals surface area contributed by atoms with E-state index < -0.39 is 28.3 Å². The predicted octanol–water partition coefficient (Wildman–Crippen LogP) is 0.523. The summed E-state index contributed by atoms with van der Waals surface area (Å²) in [6, 6.07) is 6.19. The van der Waals surface area contributed by atoms with Crippen LogP contribution in [0.25, 0.3) is 0 Å². The van der Waals surface area contributed by atoms with Crippen molar-refractivity contribution in [3.05, 3.63) is 24.3 Å². The molecule has 110 valence electrons. The first-order valence-corrected chi connectivity index (χ1v) is 7.74. The SMILES string of the molecule is CS(=O)(=O)CCC(=O)Nc1cccc(OCC(=O)O)c1. The highest BCUT2D eigenvalue weighted by atomic mass is 32.2. The molecule has 2 N–H and O–H groups in total. The molecule has 0 aliphatic carbocycles. The van der Waals surface area contributed by atoms with E-state index in [1.165, 1.54) is 6.07 Å². The van der Waals surface area contributed by atoms with Crippen LogP contribution in [0.3, 0.4) is 0 Å². The number of carboxylic acid groups (broad SMARTS) is 1. The van der Waals surface area contributed by atoms with E-state index in [0.717, 1.165) is 6.26 Å². The number of carbonyl (C=O) groups excluding carboxylic acids is 1. The van der Waals surface area contributed by atoms with Crippen LogP contribution in [0.15, 0.2) is 24.3 Å². The van der Waals surface area contributed by atoms with E-state index in [9.17, 15) is 18.0 Å². The van der Waals surface area contributed by atoms with Gasteiger partial charge in [0.15, 0.2) is 6.61 Å². The lowest BCUT2D eigenvalue weighted by atomic mass is 10.3. The second kappa shape index (κ2) is 6.90. The fourth-order valence-electron chi connectivity index (χ4n) is 1.31. The Morgan fingerprint density at radius 1 is 1.35 bits per heavy atom. The minimum Gasteiger partial charge on any atom is -0.482 e. The highest BCUT2D eigenvalue weighted by molar-refractivity contribution is 7.90. The van der Waals surface area contributed by atoms with Crippen LogP contribution >= 0.6 is 0 Å². The molecule has 0 spiro atoms. The molecule has 1 amide bonds. The van der Waals surface area contributed by atoms with Crippen molar-refractivity contribution in [1.29, 1.82) is 0 Å². The van der Waals surface area contributed by atoms with Gasteiger partial charge in [-0.2, -0.15) is 0 Å². The zero-order valence-electron chi connectivity index (χ0n) is 10.8. The zero-order valence-corrected chi connectivity index (χ0v) is 11.6. The van der Waals surface area contributed by atoms with Crippen LogP contribution in [0.4, 0.5) is 5.69 Å². The van der Waals surface area contributed by atoms with Crippen LogP contribution in [0.2, 0.25) is 0 Å². The molecule has 1 aromatic carbocycles. The average Bonchev–Trinajstić information content (AvgIpc) is 2.34. The standard InChI is InChI=1S/C12H15NO6S/c1-20(17,18)6-5-11(14)13-9-3-2-4-10(7-9)19-8-12(15)16/h2-4,7H,5-6,8H2,1H3,(H,13,14)(H,15,16). The lowest BCUT2D eigenvalue weighted by molar-refractivity contribution is -0.139. The summed E-state index contributed by atoms with van der Waals surface area (Å²) in [5.41, 5.74) is 0.409. The normalized spacial score (nSPS) is 10.8. The molecule has 0 unspecified atom stereocenters. The van der Waals surface area contributed by atoms with Gasteiger partial charge in [0, 0.05) is 24.4 Å². The second-order valence-corrected chi connectivity index (χ2v) is 6.40. The van der Waals surface area contributed by atoms with E-state index in [4.69, 9.17) is 9.84 Å². The molecule has 0 fully saturated rings. The molecule has 0 atom stereocenters. The van der Waals surface area contributed by atoms with E-state index in [1.54, 1.807) is 18.2 Å². The molecule has 20 heavy (non-hydrogen) atoms. The number of benzene rings is 1. The van der Waals surface area contributed by atoms with Crippen LogP contribution in [0, 0.1) is 0 Å². The Bertz CT molecular complexity index is 596. The van der Waals surface area contributed by atoms with Crippen LogP contribution in [-0.4, -0.2) is 44.0 Å². The van der Waals surface area contributed by atoms with Gasteiger partial charge in [0.25, 0.3) is 0 Å². The van der Waals surface area contributed by atoms with Gasteiger partial charge in [0.2, 0.25) is 5.91 Å². The first-order chi connectivity index (χ1) is 9.26. The van der Waals surface area contributed by atoms with Crippen molar-refractivity contribution in [3.63, 3.8) is 0 Å². The smallest absolute Gasteiger partial charge is 0.341 e. The fraction of sp³-hybridized carbons (Fsp3) is 0.333. The number of amides is 1. The van der Waals surface area contributed by atoms with E-state index in [-0.39, 0.29) is 12.2 Å². The average molecular weight is 301 g/mol. The van der Waals surface area contributed by atoms with Gasteiger partial charge >= 0.3 is 5.97 Å². The quantitative estimate of drug-likeness (QED) is 0.760. The predicted molar refractivity (Wildman–Crippen MR) is 72.5 cm³/mol. The molecule has 7 nitrogen and oxygen atoms in total. The third kappa shape index (κ3) is 6.74. The van der Waals surface area contributed by atoms with Crippen molar-refractivity contribution in [2.75, 3.05) is 23.9 Å². The van der Waals surface area contributed by atoms with Crippen LogP contribution < -0.4 is 10.1 Å². The topological polar surface area (TPSA) is 110 Å². The third-order valence-corrected chi connectivity index (χ3v) is 3.13. The Kier molecular flexibility index (Phi) is 5.51. The molecule has 0 aromatic heterocycles. The van der Waals surface area contributed by atoms with E-state index in [0.29, 0.717) is 11.4 Å². The molecule has 0 heterocycles. The Labute approximate surface area is 116 Å². The highest BCUT2D eigenvalue weighted by Gasteiger charge is 2.08. The van der Waals surface area contributed by atoms with Crippen LogP contribution in [0.1, 0.15) is 6.42 Å². The number of carbonyl (C=O) groups is 2. The molecule has 0 bridgehead atoms. The van der Waals surface area contributed by atoms with Gasteiger partial charge in [-0.25, -0.2) is 13.2 Å². The molecular formula is C12H15NO6S. The summed E-state index contributed by atoms with van der Waals surface area (Å²) < 4.78 is 26.8. The van der Waals surface area contributed by atoms with Crippen molar-refractivity contribution in [2.45, 2.75) is 6.42 Å². The maximum Gasteiger partial charge on any atom is 0.341 e. The summed E-state index contributed by atoms with van der Waals surface area (Å²) in [5, 5.41) is 11.0. The van der Waals surface area contributed by atoms with E-state index >= 15 is 0 Å². The van der Waals surface area contributed by atoms with Crippen molar-refractivity contribution >= 4 is 27.4 Å². The first kappa shape index (κ1) is 16.0. The van der Waals surface area contributed by atoms with Crippen molar-refractivity contribution < 1.29 is 27.9 Å². The molecule has 0 aliphatic rings. The number of anilines is 1. The number of ether oxygens (including phenoxy) is 1. The minimum atomic E-state index is -3.19. The second-order valence-electron chi connectivity index (χ2n) is 4.14. The zero-order chi connectivity index (χ0) is 15.2. The van der Waals surface area contributed by atoms with E-state index in [1.807, 2.05) is 0 Å². The van der Waals surface area contributed by atoms with Gasteiger partial charge in [-0.3, -0.25) is 4.79 Å². The maximum atomic E-state index is 11.5. The number of carboxylic acids is 1. The van der Waals surface area contributed by atoms with Gasteiger partial charge in [-0.1, -0.05) is 6.07 Å². The van der Waals surface area contributed by atoms with Gasteiger partial charge < -0.3 is 15.2 Å². The Morgan fingerprint density at radius 3 is 2.65 bits per heavy atom. The Hall–Kier alpha value is -2.09. The summed E-state index contributed by atoms with van der Waals surface area (Å²) in [4.78, 5) is 21.9. The molecule has 0 saturated carbocycles. The van der Waals surface area contributed by atoms with E-state index in [2.05, 4.69) is 5.32 Å². The lowest BCUT2D eigenvalue weighted by Crippen LogP contribution is -2.16.